The highest BCUT2D eigenvalue weighted by atomic mass is 19.1. The van der Waals surface area contributed by atoms with Gasteiger partial charge in [-0.2, -0.15) is 0 Å². The van der Waals surface area contributed by atoms with E-state index in [1.807, 2.05) is 93.8 Å². The van der Waals surface area contributed by atoms with Crippen LogP contribution in [0.25, 0.3) is 21.9 Å². The number of halogens is 1. The maximum absolute atomic E-state index is 14.9. The van der Waals surface area contributed by atoms with Gasteiger partial charge in [-0.25, -0.2) is 14.0 Å². The number of hydrogen-bond acceptors (Lipinski definition) is 8. The Hall–Kier alpha value is -5.52. The van der Waals surface area contributed by atoms with Crippen LogP contribution < -0.4 is 14.4 Å². The highest BCUT2D eigenvalue weighted by Gasteiger charge is 2.32. The Morgan fingerprint density at radius 1 is 0.621 bits per heavy atom. The van der Waals surface area contributed by atoms with Crippen LogP contribution in [0.3, 0.4) is 0 Å². The molecule has 7 rings (SSSR count). The molecule has 1 atom stereocenters. The topological polar surface area (TPSA) is 101 Å². The fraction of sp³-hybridized carbons (Fsp3) is 0.457. The zero-order valence-corrected chi connectivity index (χ0v) is 34.5. The Kier molecular flexibility index (Phi) is 11.7. The summed E-state index contributed by atoms with van der Waals surface area (Å²) in [5.41, 5.74) is 1.84. The molecule has 12 heteroatoms. The van der Waals surface area contributed by atoms with Crippen molar-refractivity contribution in [1.82, 2.24) is 14.7 Å². The van der Waals surface area contributed by atoms with Crippen LogP contribution >= 0.6 is 0 Å². The van der Waals surface area contributed by atoms with Gasteiger partial charge in [0, 0.05) is 94.0 Å². The molecule has 0 radical (unpaired) electrons. The molecule has 0 bridgehead atoms. The van der Waals surface area contributed by atoms with E-state index in [9.17, 15) is 18.8 Å². The summed E-state index contributed by atoms with van der Waals surface area (Å²) < 4.78 is 38.9. The normalized spacial score (nSPS) is 18.0. The molecule has 3 amide bonds. The highest BCUT2D eigenvalue weighted by molar-refractivity contribution is 5.97. The van der Waals surface area contributed by atoms with Crippen molar-refractivity contribution in [2.75, 3.05) is 57.3 Å². The molecular formula is C46H55FN4O7. The van der Waals surface area contributed by atoms with Gasteiger partial charge in [-0.1, -0.05) is 36.4 Å². The molecule has 3 aliphatic heterocycles. The molecule has 3 aliphatic rings. The highest BCUT2D eigenvalue weighted by Crippen LogP contribution is 2.36. The van der Waals surface area contributed by atoms with Gasteiger partial charge in [0.2, 0.25) is 0 Å². The lowest BCUT2D eigenvalue weighted by Gasteiger charge is -2.37. The fourth-order valence-corrected chi connectivity index (χ4v) is 7.67. The number of likely N-dealkylation sites (tertiary alicyclic amines) is 2. The summed E-state index contributed by atoms with van der Waals surface area (Å²) in [4.78, 5) is 46.6. The Labute approximate surface area is 340 Å². The minimum absolute atomic E-state index is 0.0810. The van der Waals surface area contributed by atoms with E-state index < -0.39 is 17.0 Å². The number of piperazine rings is 1. The first-order valence-corrected chi connectivity index (χ1v) is 20.3. The Balaban J connectivity index is 1.000. The first kappa shape index (κ1) is 40.7. The molecule has 3 saturated heterocycles. The third-order valence-corrected chi connectivity index (χ3v) is 10.6. The van der Waals surface area contributed by atoms with E-state index in [4.69, 9.17) is 18.9 Å². The second-order valence-electron chi connectivity index (χ2n) is 17.4. The van der Waals surface area contributed by atoms with Crippen molar-refractivity contribution in [1.29, 1.82) is 0 Å². The summed E-state index contributed by atoms with van der Waals surface area (Å²) in [6.45, 7) is 15.1. The van der Waals surface area contributed by atoms with Gasteiger partial charge in [0.05, 0.1) is 6.54 Å². The average Bonchev–Trinajstić information content (AvgIpc) is 3.65. The molecule has 0 aliphatic carbocycles. The van der Waals surface area contributed by atoms with Crippen molar-refractivity contribution >= 4 is 34.6 Å². The van der Waals surface area contributed by atoms with Crippen LogP contribution in [0.15, 0.2) is 78.9 Å². The predicted molar refractivity (Wildman–Crippen MR) is 222 cm³/mol. The lowest BCUT2D eigenvalue weighted by atomic mass is 9.98. The number of rotatable bonds is 7. The summed E-state index contributed by atoms with van der Waals surface area (Å²) in [5.74, 6) is 0.621. The molecule has 0 spiro atoms. The molecule has 3 fully saturated rings. The van der Waals surface area contributed by atoms with E-state index in [2.05, 4.69) is 24.3 Å². The Bertz CT molecular complexity index is 2130. The predicted octanol–water partition coefficient (Wildman–Crippen LogP) is 8.77. The number of carbonyl (C=O) groups is 3. The van der Waals surface area contributed by atoms with Crippen LogP contribution in [0.5, 0.6) is 11.5 Å². The number of carbonyl (C=O) groups excluding carboxylic acids is 3. The molecule has 308 valence electrons. The lowest BCUT2D eigenvalue weighted by molar-refractivity contribution is 0.0237. The third kappa shape index (κ3) is 10.1. The van der Waals surface area contributed by atoms with E-state index in [1.54, 1.807) is 9.80 Å². The molecule has 4 aromatic rings. The Morgan fingerprint density at radius 2 is 1.26 bits per heavy atom. The van der Waals surface area contributed by atoms with Crippen LogP contribution in [0.2, 0.25) is 0 Å². The molecule has 11 nitrogen and oxygen atoms in total. The van der Waals surface area contributed by atoms with Gasteiger partial charge in [0.15, 0.2) is 0 Å². The summed E-state index contributed by atoms with van der Waals surface area (Å²) in [6, 6.07) is 24.7. The largest absolute Gasteiger partial charge is 0.490 e. The molecule has 4 aromatic carbocycles. The first-order valence-electron chi connectivity index (χ1n) is 20.3. The minimum Gasteiger partial charge on any atom is -0.490 e. The second kappa shape index (κ2) is 16.8. The Morgan fingerprint density at radius 3 is 1.95 bits per heavy atom. The zero-order chi connectivity index (χ0) is 41.2. The summed E-state index contributed by atoms with van der Waals surface area (Å²) in [5, 5.41) is 2.19. The minimum atomic E-state index is -0.584. The number of hydrogen-bond donors (Lipinski definition) is 0. The maximum Gasteiger partial charge on any atom is 0.410 e. The van der Waals surface area contributed by atoms with E-state index in [1.165, 1.54) is 12.1 Å². The molecule has 0 saturated carbocycles. The molecule has 58 heavy (non-hydrogen) atoms. The monoisotopic (exact) mass is 794 g/mol. The zero-order valence-electron chi connectivity index (χ0n) is 34.5. The summed E-state index contributed by atoms with van der Waals surface area (Å²) in [7, 11) is 0. The first-order chi connectivity index (χ1) is 27.6. The molecule has 0 aromatic heterocycles. The van der Waals surface area contributed by atoms with Crippen molar-refractivity contribution in [3.63, 3.8) is 0 Å². The fourth-order valence-electron chi connectivity index (χ4n) is 7.67. The number of anilines is 1. The van der Waals surface area contributed by atoms with E-state index in [0.717, 1.165) is 21.9 Å². The van der Waals surface area contributed by atoms with E-state index >= 15 is 0 Å². The van der Waals surface area contributed by atoms with Crippen molar-refractivity contribution < 1.29 is 37.7 Å². The smallest absolute Gasteiger partial charge is 0.410 e. The number of piperidine rings is 1. The molecule has 0 unspecified atom stereocenters. The molecular weight excluding hydrogens is 740 g/mol. The van der Waals surface area contributed by atoms with Gasteiger partial charge in [-0.3, -0.25) is 4.79 Å². The standard InChI is InChI=1S/C46H55FN4O7/c1-45(2,3)57-43(53)50-23-21-48(22-24-50)36-27-35(47)28-39(29-36)55-37-15-18-49(19-16-37)42(52)34-13-14-41(56-38-17-20-51(30-38)44(54)58-46(4,5)6)40(26-34)33-12-11-31-9-7-8-10-32(31)25-33/h7-14,25-29,37-38H,15-24,30H2,1-6H3/t38-/m0/s1. The van der Waals surface area contributed by atoms with Crippen LogP contribution in [-0.2, 0) is 9.47 Å². The number of nitrogens with zero attached hydrogens (tertiary/aromatic N) is 4. The number of benzene rings is 4. The van der Waals surface area contributed by atoms with Crippen molar-refractivity contribution in [3.05, 3.63) is 90.2 Å². The third-order valence-electron chi connectivity index (χ3n) is 10.6. The van der Waals surface area contributed by atoms with Gasteiger partial charge < -0.3 is 38.5 Å². The van der Waals surface area contributed by atoms with Gasteiger partial charge in [-0.05, 0) is 88.2 Å². The second-order valence-corrected chi connectivity index (χ2v) is 17.4. The van der Waals surface area contributed by atoms with Crippen LogP contribution in [0, 0.1) is 5.82 Å². The summed E-state index contributed by atoms with van der Waals surface area (Å²) in [6.07, 6.45) is 0.759. The number of fused-ring (bicyclic) bond motifs is 1. The van der Waals surface area contributed by atoms with Crippen LogP contribution in [0.4, 0.5) is 19.7 Å². The van der Waals surface area contributed by atoms with Crippen molar-refractivity contribution in [3.8, 4) is 22.6 Å². The number of amides is 3. The summed E-state index contributed by atoms with van der Waals surface area (Å²) >= 11 is 0. The van der Waals surface area contributed by atoms with Gasteiger partial charge in [0.25, 0.3) is 5.91 Å². The lowest BCUT2D eigenvalue weighted by Crippen LogP contribution is -2.50. The average molecular weight is 795 g/mol. The maximum atomic E-state index is 14.9. The SMILES string of the molecule is CC(C)(C)OC(=O)N1CCN(c2cc(F)cc(OC3CCN(C(=O)c4ccc(O[C@H]5CCN(C(=O)OC(C)(C)C)C5)c(-c5ccc6ccccc6c5)c4)CC3)c2)CC1. The molecule has 3 heterocycles. The van der Waals surface area contributed by atoms with Gasteiger partial charge in [-0.15, -0.1) is 0 Å². The van der Waals surface area contributed by atoms with Gasteiger partial charge >= 0.3 is 12.2 Å². The van der Waals surface area contributed by atoms with Crippen molar-refractivity contribution in [2.24, 2.45) is 0 Å². The van der Waals surface area contributed by atoms with Crippen molar-refractivity contribution in [2.45, 2.75) is 84.2 Å². The molecule has 0 N–H and O–H groups in total. The van der Waals surface area contributed by atoms with Crippen LogP contribution in [0.1, 0.15) is 71.2 Å². The quantitative estimate of drug-likeness (QED) is 0.183. The number of ether oxygens (including phenoxy) is 4. The van der Waals surface area contributed by atoms with E-state index in [0.29, 0.717) is 94.4 Å². The van der Waals surface area contributed by atoms with E-state index in [-0.39, 0.29) is 30.3 Å². The van der Waals surface area contributed by atoms with Gasteiger partial charge in [0.1, 0.15) is 40.7 Å². The van der Waals surface area contributed by atoms with Crippen LogP contribution in [-0.4, -0.2) is 109 Å².